The molecular formula is C3H8N2OS. The third-order valence-electron chi connectivity index (χ3n) is 0.618. The van der Waals surface area contributed by atoms with Gasteiger partial charge < -0.3 is 0 Å². The van der Waals surface area contributed by atoms with E-state index < -0.39 is 0 Å². The molecule has 0 N–H and O–H groups in total. The summed E-state index contributed by atoms with van der Waals surface area (Å²) in [4.78, 5) is 9.45. The molecule has 3 nitrogen and oxygen atoms in total. The van der Waals surface area contributed by atoms with Gasteiger partial charge >= 0.3 is 0 Å². The second-order valence-electron chi connectivity index (χ2n) is 1.10. The average molecular weight is 120 g/mol. The number of nitroso groups, excluding NO2 is 1. The fourth-order valence-electron chi connectivity index (χ4n) is 0.115. The summed E-state index contributed by atoms with van der Waals surface area (Å²) in [5.74, 6) is 0. The van der Waals surface area contributed by atoms with Gasteiger partial charge in [-0.15, -0.1) is 4.91 Å². The maximum Gasteiger partial charge on any atom is 0.108 e. The van der Waals surface area contributed by atoms with Gasteiger partial charge in [0.1, 0.15) is 12.1 Å². The molecule has 4 heteroatoms. The zero-order chi connectivity index (χ0) is 5.70. The lowest BCUT2D eigenvalue weighted by atomic mass is 10.8. The maximum atomic E-state index is 9.45. The van der Waals surface area contributed by atoms with Gasteiger partial charge in [0.15, 0.2) is 0 Å². The second-order valence-corrected chi connectivity index (χ2v) is 2.04. The molecule has 0 atom stereocenters. The molecule has 0 bridgehead atoms. The van der Waals surface area contributed by atoms with Crippen molar-refractivity contribution in [1.82, 2.24) is 4.31 Å². The Labute approximate surface area is 47.3 Å². The van der Waals surface area contributed by atoms with E-state index in [-0.39, 0.29) is 0 Å². The van der Waals surface area contributed by atoms with Crippen LogP contribution in [-0.4, -0.2) is 17.9 Å². The molecule has 0 spiro atoms. The number of hydrogen-bond donors (Lipinski definition) is 0. The number of hydrogen-bond acceptors (Lipinski definition) is 4. The first kappa shape index (κ1) is 6.91. The highest BCUT2D eigenvalue weighted by Gasteiger charge is 1.89. The molecule has 0 rings (SSSR count). The fourth-order valence-corrected chi connectivity index (χ4v) is 0.344. The van der Waals surface area contributed by atoms with Crippen molar-refractivity contribution in [2.45, 2.75) is 6.92 Å². The van der Waals surface area contributed by atoms with Crippen LogP contribution < -0.4 is 0 Å². The van der Waals surface area contributed by atoms with E-state index in [2.05, 4.69) is 4.58 Å². The Bertz CT molecular complexity index is 58.9. The summed E-state index contributed by atoms with van der Waals surface area (Å²) in [5.41, 5.74) is 0. The summed E-state index contributed by atoms with van der Waals surface area (Å²) in [7, 11) is 1.81. The predicted molar refractivity (Wildman–Crippen MR) is 31.7 cm³/mol. The summed E-state index contributed by atoms with van der Waals surface area (Å²) < 4.78 is 4.34. The van der Waals surface area contributed by atoms with Gasteiger partial charge in [0.25, 0.3) is 0 Å². The minimum absolute atomic E-state index is 0.844. The third kappa shape index (κ3) is 3.75. The first-order valence-corrected chi connectivity index (χ1v) is 2.75. The molecule has 0 aliphatic carbocycles. The molecule has 0 aliphatic heterocycles. The Morgan fingerprint density at radius 1 is 1.86 bits per heavy atom. The van der Waals surface area contributed by atoms with Crippen LogP contribution >= 0.6 is 12.1 Å². The van der Waals surface area contributed by atoms with E-state index in [1.54, 1.807) is 4.31 Å². The van der Waals surface area contributed by atoms with Crippen LogP contribution in [0.5, 0.6) is 0 Å². The molecule has 0 heterocycles. The van der Waals surface area contributed by atoms with Crippen molar-refractivity contribution in [3.63, 3.8) is 0 Å². The van der Waals surface area contributed by atoms with E-state index in [9.17, 15) is 4.91 Å². The van der Waals surface area contributed by atoms with Crippen LogP contribution in [0.1, 0.15) is 6.92 Å². The average Bonchev–Trinajstić information content (AvgIpc) is 1.68. The van der Waals surface area contributed by atoms with E-state index >= 15 is 0 Å². The Kier molecular flexibility index (Phi) is 4.03. The van der Waals surface area contributed by atoms with Crippen LogP contribution in [0.4, 0.5) is 0 Å². The summed E-state index contributed by atoms with van der Waals surface area (Å²) >= 11 is 0.934. The van der Waals surface area contributed by atoms with Crippen molar-refractivity contribution in [2.75, 3.05) is 13.6 Å². The van der Waals surface area contributed by atoms with E-state index in [1.165, 1.54) is 0 Å². The Hall–Kier alpha value is -0.0900. The van der Waals surface area contributed by atoms with Gasteiger partial charge in [0, 0.05) is 11.1 Å². The van der Waals surface area contributed by atoms with Crippen molar-refractivity contribution in [1.29, 1.82) is 0 Å². The third-order valence-corrected chi connectivity index (χ3v) is 1.22. The first-order chi connectivity index (χ1) is 3.31. The van der Waals surface area contributed by atoms with Crippen LogP contribution in [0.3, 0.4) is 0 Å². The number of nitrogens with zero attached hydrogens (tertiary/aromatic N) is 2. The topological polar surface area (TPSA) is 32.7 Å². The molecule has 0 aromatic heterocycles. The number of rotatable bonds is 3. The summed E-state index contributed by atoms with van der Waals surface area (Å²) in [6, 6.07) is 0. The molecule has 0 saturated carbocycles. The van der Waals surface area contributed by atoms with Gasteiger partial charge in [-0.2, -0.15) is 0 Å². The highest BCUT2D eigenvalue weighted by molar-refractivity contribution is 7.95. The molecule has 42 valence electrons. The minimum Gasteiger partial charge on any atom is -0.231 e. The quantitative estimate of drug-likeness (QED) is 0.415. The Morgan fingerprint density at radius 2 is 2.43 bits per heavy atom. The van der Waals surface area contributed by atoms with Gasteiger partial charge in [-0.1, -0.05) is 6.92 Å². The lowest BCUT2D eigenvalue weighted by Crippen LogP contribution is -2.04. The Balaban J connectivity index is 2.98. The van der Waals surface area contributed by atoms with E-state index in [0.29, 0.717) is 0 Å². The molecule has 0 aromatic rings. The van der Waals surface area contributed by atoms with Crippen LogP contribution in [0.15, 0.2) is 4.58 Å². The standard InChI is InChI=1S/C3H8N2OS/c1-3-5(2)7-4-6/h3H2,1-2H3. The zero-order valence-electron chi connectivity index (χ0n) is 4.42. The van der Waals surface area contributed by atoms with Gasteiger partial charge in [-0.05, 0) is 7.05 Å². The van der Waals surface area contributed by atoms with E-state index in [1.807, 2.05) is 14.0 Å². The monoisotopic (exact) mass is 120 g/mol. The summed E-state index contributed by atoms with van der Waals surface area (Å²) in [6.07, 6.45) is 0. The minimum atomic E-state index is 0.844. The molecule has 0 fully saturated rings. The fraction of sp³-hybridized carbons (Fsp3) is 1.00. The van der Waals surface area contributed by atoms with Crippen molar-refractivity contribution in [2.24, 2.45) is 4.58 Å². The van der Waals surface area contributed by atoms with E-state index in [4.69, 9.17) is 0 Å². The lowest BCUT2D eigenvalue weighted by molar-refractivity contribution is 0.603. The Morgan fingerprint density at radius 3 is 2.57 bits per heavy atom. The highest BCUT2D eigenvalue weighted by atomic mass is 32.2. The van der Waals surface area contributed by atoms with E-state index in [0.717, 1.165) is 18.7 Å². The van der Waals surface area contributed by atoms with Crippen molar-refractivity contribution >= 4 is 12.1 Å². The second kappa shape index (κ2) is 4.08. The maximum absolute atomic E-state index is 9.45. The molecule has 0 amide bonds. The first-order valence-electron chi connectivity index (χ1n) is 2.02. The largest absolute Gasteiger partial charge is 0.231 e. The molecule has 0 radical (unpaired) electrons. The van der Waals surface area contributed by atoms with Crippen LogP contribution in [-0.2, 0) is 0 Å². The predicted octanol–water partition coefficient (Wildman–Crippen LogP) is 1.27. The molecule has 0 aliphatic rings. The summed E-state index contributed by atoms with van der Waals surface area (Å²) in [6.45, 7) is 2.80. The normalized spacial score (nSPS) is 9.57. The van der Waals surface area contributed by atoms with Gasteiger partial charge in [0.2, 0.25) is 0 Å². The van der Waals surface area contributed by atoms with Gasteiger partial charge in [-0.25, -0.2) is 4.31 Å². The van der Waals surface area contributed by atoms with Crippen molar-refractivity contribution in [3.05, 3.63) is 4.91 Å². The lowest BCUT2D eigenvalue weighted by Gasteiger charge is -2.02. The zero-order valence-corrected chi connectivity index (χ0v) is 5.23. The van der Waals surface area contributed by atoms with Gasteiger partial charge in [-0.3, -0.25) is 0 Å². The van der Waals surface area contributed by atoms with Crippen LogP contribution in [0.2, 0.25) is 0 Å². The molecule has 0 unspecified atom stereocenters. The van der Waals surface area contributed by atoms with Crippen molar-refractivity contribution < 1.29 is 0 Å². The molecule has 0 saturated heterocycles. The van der Waals surface area contributed by atoms with Crippen molar-refractivity contribution in [3.8, 4) is 0 Å². The smallest absolute Gasteiger partial charge is 0.108 e. The molecule has 0 aromatic carbocycles. The highest BCUT2D eigenvalue weighted by Crippen LogP contribution is 2.04. The van der Waals surface area contributed by atoms with Crippen LogP contribution in [0.25, 0.3) is 0 Å². The molecule has 7 heavy (non-hydrogen) atoms. The molecular weight excluding hydrogens is 112 g/mol. The SMILES string of the molecule is CCN(C)SN=O. The van der Waals surface area contributed by atoms with Crippen LogP contribution in [0, 0.1) is 4.91 Å². The van der Waals surface area contributed by atoms with Gasteiger partial charge in [0.05, 0.1) is 0 Å². The summed E-state index contributed by atoms with van der Waals surface area (Å²) in [5, 5.41) is 0.